The average molecular weight is 246 g/mol. The fourth-order valence-corrected chi connectivity index (χ4v) is 2.81. The van der Waals surface area contributed by atoms with Crippen molar-refractivity contribution < 1.29 is 4.79 Å². The van der Waals surface area contributed by atoms with E-state index in [1.54, 1.807) is 6.20 Å². The van der Waals surface area contributed by atoms with Gasteiger partial charge in [0, 0.05) is 24.2 Å². The normalized spacial score (nSPS) is 23.9. The molecule has 0 atom stereocenters. The van der Waals surface area contributed by atoms with E-state index < -0.39 is 0 Å². The SMILES string of the molecule is CCC1CCC(C(=O)c2ccnc(CN)c2)CC1. The Morgan fingerprint density at radius 2 is 2.11 bits per heavy atom. The highest BCUT2D eigenvalue weighted by Crippen LogP contribution is 2.32. The first-order chi connectivity index (χ1) is 8.74. The van der Waals surface area contributed by atoms with Crippen molar-refractivity contribution in [3.8, 4) is 0 Å². The minimum Gasteiger partial charge on any atom is -0.325 e. The molecule has 0 unspecified atom stereocenters. The highest BCUT2D eigenvalue weighted by molar-refractivity contribution is 5.97. The van der Waals surface area contributed by atoms with E-state index in [9.17, 15) is 4.79 Å². The van der Waals surface area contributed by atoms with E-state index in [0.717, 1.165) is 30.0 Å². The summed E-state index contributed by atoms with van der Waals surface area (Å²) < 4.78 is 0. The lowest BCUT2D eigenvalue weighted by Crippen LogP contribution is -2.22. The molecule has 0 spiro atoms. The minimum atomic E-state index is 0.209. The van der Waals surface area contributed by atoms with Crippen LogP contribution in [0.3, 0.4) is 0 Å². The van der Waals surface area contributed by atoms with E-state index in [1.165, 1.54) is 19.3 Å². The molecule has 1 aromatic heterocycles. The second-order valence-electron chi connectivity index (χ2n) is 5.23. The summed E-state index contributed by atoms with van der Waals surface area (Å²) in [6.45, 7) is 2.63. The Morgan fingerprint density at radius 1 is 1.39 bits per heavy atom. The molecule has 0 bridgehead atoms. The van der Waals surface area contributed by atoms with Crippen molar-refractivity contribution in [1.82, 2.24) is 4.98 Å². The maximum absolute atomic E-state index is 12.4. The van der Waals surface area contributed by atoms with Crippen LogP contribution in [0.15, 0.2) is 18.3 Å². The minimum absolute atomic E-state index is 0.209. The van der Waals surface area contributed by atoms with Gasteiger partial charge in [0.15, 0.2) is 5.78 Å². The lowest BCUT2D eigenvalue weighted by molar-refractivity contribution is 0.0871. The van der Waals surface area contributed by atoms with E-state index in [2.05, 4.69) is 11.9 Å². The Labute approximate surface area is 109 Å². The van der Waals surface area contributed by atoms with Crippen LogP contribution in [-0.4, -0.2) is 10.8 Å². The quantitative estimate of drug-likeness (QED) is 0.831. The van der Waals surface area contributed by atoms with Gasteiger partial charge in [-0.1, -0.05) is 13.3 Å². The van der Waals surface area contributed by atoms with Crippen LogP contribution in [0.1, 0.15) is 55.1 Å². The Bertz CT molecular complexity index is 409. The number of nitrogens with two attached hydrogens (primary N) is 1. The first-order valence-electron chi connectivity index (χ1n) is 6.93. The van der Waals surface area contributed by atoms with Gasteiger partial charge in [-0.3, -0.25) is 9.78 Å². The monoisotopic (exact) mass is 246 g/mol. The van der Waals surface area contributed by atoms with Crippen LogP contribution < -0.4 is 5.73 Å². The first-order valence-corrected chi connectivity index (χ1v) is 6.93. The number of carbonyl (C=O) groups excluding carboxylic acids is 1. The van der Waals surface area contributed by atoms with Gasteiger partial charge in [0.25, 0.3) is 0 Å². The van der Waals surface area contributed by atoms with Crippen LogP contribution in [0.5, 0.6) is 0 Å². The van der Waals surface area contributed by atoms with Crippen molar-refractivity contribution in [2.24, 2.45) is 17.6 Å². The summed E-state index contributed by atoms with van der Waals surface area (Å²) in [6.07, 6.45) is 7.40. The molecule has 0 saturated heterocycles. The van der Waals surface area contributed by atoms with Crippen LogP contribution >= 0.6 is 0 Å². The number of carbonyl (C=O) groups is 1. The van der Waals surface area contributed by atoms with Crippen molar-refractivity contribution in [1.29, 1.82) is 0 Å². The fourth-order valence-electron chi connectivity index (χ4n) is 2.81. The largest absolute Gasteiger partial charge is 0.325 e. The topological polar surface area (TPSA) is 56.0 Å². The summed E-state index contributed by atoms with van der Waals surface area (Å²) >= 11 is 0. The summed E-state index contributed by atoms with van der Waals surface area (Å²) in [4.78, 5) is 16.5. The molecule has 0 amide bonds. The molecule has 98 valence electrons. The second kappa shape index (κ2) is 6.10. The first kappa shape index (κ1) is 13.2. The van der Waals surface area contributed by atoms with Gasteiger partial charge in [0.05, 0.1) is 5.69 Å². The van der Waals surface area contributed by atoms with Crippen LogP contribution in [0.2, 0.25) is 0 Å². The smallest absolute Gasteiger partial charge is 0.166 e. The average Bonchev–Trinajstić information content (AvgIpc) is 2.46. The van der Waals surface area contributed by atoms with E-state index in [-0.39, 0.29) is 11.7 Å². The molecule has 2 N–H and O–H groups in total. The molecule has 2 rings (SSSR count). The summed E-state index contributed by atoms with van der Waals surface area (Å²) in [5.74, 6) is 1.31. The maximum atomic E-state index is 12.4. The Hall–Kier alpha value is -1.22. The number of pyridine rings is 1. The molecule has 1 fully saturated rings. The number of aromatic nitrogens is 1. The second-order valence-corrected chi connectivity index (χ2v) is 5.23. The third-order valence-corrected chi connectivity index (χ3v) is 4.11. The molecule has 1 saturated carbocycles. The van der Waals surface area contributed by atoms with Gasteiger partial charge >= 0.3 is 0 Å². The van der Waals surface area contributed by atoms with Crippen molar-refractivity contribution in [2.75, 3.05) is 0 Å². The molecule has 0 radical (unpaired) electrons. The molecule has 1 aromatic rings. The van der Waals surface area contributed by atoms with Gasteiger partial charge in [-0.2, -0.15) is 0 Å². The number of Topliss-reactive ketones (excluding diaryl/α,β-unsaturated/α-hetero) is 1. The zero-order valence-electron chi connectivity index (χ0n) is 11.1. The van der Waals surface area contributed by atoms with E-state index >= 15 is 0 Å². The zero-order chi connectivity index (χ0) is 13.0. The number of nitrogens with zero attached hydrogens (tertiary/aromatic N) is 1. The summed E-state index contributed by atoms with van der Waals surface area (Å²) in [6, 6.07) is 3.65. The summed E-state index contributed by atoms with van der Waals surface area (Å²) in [7, 11) is 0. The summed E-state index contributed by atoms with van der Waals surface area (Å²) in [5.41, 5.74) is 7.14. The van der Waals surface area contributed by atoms with Crippen LogP contribution in [0.25, 0.3) is 0 Å². The number of ketones is 1. The van der Waals surface area contributed by atoms with Crippen molar-refractivity contribution in [3.63, 3.8) is 0 Å². The number of hydrogen-bond donors (Lipinski definition) is 1. The lowest BCUT2D eigenvalue weighted by atomic mass is 9.78. The van der Waals surface area contributed by atoms with Crippen LogP contribution in [0, 0.1) is 11.8 Å². The number of hydrogen-bond acceptors (Lipinski definition) is 3. The van der Waals surface area contributed by atoms with E-state index in [1.807, 2.05) is 12.1 Å². The molecule has 1 aliphatic carbocycles. The Kier molecular flexibility index (Phi) is 4.48. The Balaban J connectivity index is 2.03. The van der Waals surface area contributed by atoms with Gasteiger partial charge in [-0.05, 0) is 43.7 Å². The van der Waals surface area contributed by atoms with Gasteiger partial charge < -0.3 is 5.73 Å². The lowest BCUT2D eigenvalue weighted by Gasteiger charge is -2.26. The number of rotatable bonds is 4. The van der Waals surface area contributed by atoms with Crippen LogP contribution in [0.4, 0.5) is 0 Å². The van der Waals surface area contributed by atoms with E-state index in [4.69, 9.17) is 5.73 Å². The van der Waals surface area contributed by atoms with Crippen molar-refractivity contribution >= 4 is 5.78 Å². The van der Waals surface area contributed by atoms with Crippen molar-refractivity contribution in [3.05, 3.63) is 29.6 Å². The van der Waals surface area contributed by atoms with Crippen LogP contribution in [-0.2, 0) is 6.54 Å². The van der Waals surface area contributed by atoms with Gasteiger partial charge in [-0.25, -0.2) is 0 Å². The maximum Gasteiger partial charge on any atom is 0.166 e. The zero-order valence-corrected chi connectivity index (χ0v) is 11.1. The predicted octanol–water partition coefficient (Wildman–Crippen LogP) is 2.94. The highest BCUT2D eigenvalue weighted by atomic mass is 16.1. The summed E-state index contributed by atoms with van der Waals surface area (Å²) in [5, 5.41) is 0. The molecular formula is C15H22N2O. The standard InChI is InChI=1S/C15H22N2O/c1-2-11-3-5-12(6-4-11)15(18)13-7-8-17-14(9-13)10-16/h7-9,11-12H,2-6,10,16H2,1H3. The fraction of sp³-hybridized carbons (Fsp3) is 0.600. The van der Waals surface area contributed by atoms with E-state index in [0.29, 0.717) is 6.54 Å². The predicted molar refractivity (Wildman–Crippen MR) is 72.2 cm³/mol. The highest BCUT2D eigenvalue weighted by Gasteiger charge is 2.26. The molecule has 0 aliphatic heterocycles. The molecule has 0 aromatic carbocycles. The molecule has 18 heavy (non-hydrogen) atoms. The third kappa shape index (κ3) is 2.96. The van der Waals surface area contributed by atoms with Gasteiger partial charge in [0.2, 0.25) is 0 Å². The van der Waals surface area contributed by atoms with Gasteiger partial charge in [0.1, 0.15) is 0 Å². The Morgan fingerprint density at radius 3 is 2.72 bits per heavy atom. The molecular weight excluding hydrogens is 224 g/mol. The molecule has 3 nitrogen and oxygen atoms in total. The van der Waals surface area contributed by atoms with Gasteiger partial charge in [-0.15, -0.1) is 0 Å². The van der Waals surface area contributed by atoms with Crippen molar-refractivity contribution in [2.45, 2.75) is 45.6 Å². The molecule has 1 heterocycles. The molecule has 1 aliphatic rings. The molecule has 3 heteroatoms. The third-order valence-electron chi connectivity index (χ3n) is 4.11.